The standard InChI is InChI=1S/C11H22/c1-5-8-11(7-3)9-10(4)6-2/h5,10-11H,1,6-9H2,2-4H3. The Morgan fingerprint density at radius 2 is 1.91 bits per heavy atom. The molecule has 0 aromatic heterocycles. The van der Waals surface area contributed by atoms with Crippen LogP contribution in [0, 0.1) is 11.8 Å². The molecule has 0 heteroatoms. The summed E-state index contributed by atoms with van der Waals surface area (Å²) < 4.78 is 0. The maximum absolute atomic E-state index is 3.78. The van der Waals surface area contributed by atoms with Crippen molar-refractivity contribution in [2.75, 3.05) is 0 Å². The van der Waals surface area contributed by atoms with Crippen molar-refractivity contribution in [3.63, 3.8) is 0 Å². The molecule has 0 saturated heterocycles. The van der Waals surface area contributed by atoms with E-state index in [0.717, 1.165) is 11.8 Å². The highest BCUT2D eigenvalue weighted by atomic mass is 14.1. The smallest absolute Gasteiger partial charge is 0.0325 e. The van der Waals surface area contributed by atoms with E-state index in [4.69, 9.17) is 0 Å². The Balaban J connectivity index is 3.57. The molecule has 0 heterocycles. The molecule has 0 saturated carbocycles. The van der Waals surface area contributed by atoms with E-state index in [1.165, 1.54) is 25.7 Å². The fraction of sp³-hybridized carbons (Fsp3) is 0.818. The molecule has 0 aliphatic carbocycles. The van der Waals surface area contributed by atoms with Crippen LogP contribution in [0.25, 0.3) is 0 Å². The van der Waals surface area contributed by atoms with Crippen molar-refractivity contribution in [1.82, 2.24) is 0 Å². The molecule has 0 rings (SSSR count). The van der Waals surface area contributed by atoms with Crippen molar-refractivity contribution in [2.24, 2.45) is 11.8 Å². The molecule has 2 unspecified atom stereocenters. The first-order valence-electron chi connectivity index (χ1n) is 4.85. The minimum Gasteiger partial charge on any atom is -0.103 e. The molecular formula is C11H22. The highest BCUT2D eigenvalue weighted by molar-refractivity contribution is 4.73. The van der Waals surface area contributed by atoms with Crippen LogP contribution >= 0.6 is 0 Å². The summed E-state index contributed by atoms with van der Waals surface area (Å²) in [7, 11) is 0. The second-order valence-electron chi connectivity index (χ2n) is 3.55. The third kappa shape index (κ3) is 5.06. The molecule has 0 aromatic carbocycles. The largest absolute Gasteiger partial charge is 0.103 e. The number of hydrogen-bond acceptors (Lipinski definition) is 0. The van der Waals surface area contributed by atoms with Crippen molar-refractivity contribution in [3.05, 3.63) is 12.7 Å². The van der Waals surface area contributed by atoms with Crippen LogP contribution in [0.4, 0.5) is 0 Å². The van der Waals surface area contributed by atoms with Crippen LogP contribution in [0.2, 0.25) is 0 Å². The Bertz CT molecular complexity index is 94.2. The lowest BCUT2D eigenvalue weighted by atomic mass is 9.90. The van der Waals surface area contributed by atoms with Gasteiger partial charge in [0.15, 0.2) is 0 Å². The van der Waals surface area contributed by atoms with Gasteiger partial charge in [-0.2, -0.15) is 0 Å². The molecule has 0 bridgehead atoms. The minimum absolute atomic E-state index is 0.877. The van der Waals surface area contributed by atoms with Gasteiger partial charge >= 0.3 is 0 Å². The molecule has 0 amide bonds. The molecule has 0 spiro atoms. The second kappa shape index (κ2) is 6.45. The highest BCUT2D eigenvalue weighted by Crippen LogP contribution is 2.20. The zero-order chi connectivity index (χ0) is 8.69. The van der Waals surface area contributed by atoms with Crippen LogP contribution < -0.4 is 0 Å². The van der Waals surface area contributed by atoms with E-state index in [0.29, 0.717) is 0 Å². The predicted octanol–water partition coefficient (Wildman–Crippen LogP) is 4.02. The average molecular weight is 154 g/mol. The SMILES string of the molecule is C=CCC(CC)CC(C)CC. The van der Waals surface area contributed by atoms with Crippen molar-refractivity contribution in [3.8, 4) is 0 Å². The Hall–Kier alpha value is -0.260. The molecule has 0 aliphatic rings. The summed E-state index contributed by atoms with van der Waals surface area (Å²) in [5.41, 5.74) is 0. The normalized spacial score (nSPS) is 15.9. The number of rotatable bonds is 6. The Morgan fingerprint density at radius 1 is 1.27 bits per heavy atom. The first-order chi connectivity index (χ1) is 5.24. The zero-order valence-electron chi connectivity index (χ0n) is 8.27. The topological polar surface area (TPSA) is 0 Å². The fourth-order valence-electron chi connectivity index (χ4n) is 1.40. The van der Waals surface area contributed by atoms with Crippen molar-refractivity contribution >= 4 is 0 Å². The van der Waals surface area contributed by atoms with E-state index in [2.05, 4.69) is 33.4 Å². The van der Waals surface area contributed by atoms with Crippen molar-refractivity contribution < 1.29 is 0 Å². The molecule has 0 aliphatic heterocycles. The lowest BCUT2D eigenvalue weighted by Crippen LogP contribution is -2.03. The molecule has 0 N–H and O–H groups in total. The van der Waals surface area contributed by atoms with Gasteiger partial charge < -0.3 is 0 Å². The maximum Gasteiger partial charge on any atom is -0.0325 e. The van der Waals surface area contributed by atoms with Gasteiger partial charge in [0.25, 0.3) is 0 Å². The van der Waals surface area contributed by atoms with Gasteiger partial charge in [-0.15, -0.1) is 6.58 Å². The zero-order valence-corrected chi connectivity index (χ0v) is 8.27. The van der Waals surface area contributed by atoms with E-state index < -0.39 is 0 Å². The van der Waals surface area contributed by atoms with Crippen LogP contribution in [-0.4, -0.2) is 0 Å². The first kappa shape index (κ1) is 10.7. The molecule has 0 nitrogen and oxygen atoms in total. The molecule has 0 radical (unpaired) electrons. The molecular weight excluding hydrogens is 132 g/mol. The summed E-state index contributed by atoms with van der Waals surface area (Å²) in [6, 6.07) is 0. The molecule has 2 atom stereocenters. The van der Waals surface area contributed by atoms with Gasteiger partial charge in [-0.1, -0.05) is 39.7 Å². The van der Waals surface area contributed by atoms with Crippen LogP contribution in [-0.2, 0) is 0 Å². The van der Waals surface area contributed by atoms with E-state index in [1.807, 2.05) is 0 Å². The molecule has 11 heavy (non-hydrogen) atoms. The lowest BCUT2D eigenvalue weighted by molar-refractivity contribution is 0.376. The number of hydrogen-bond donors (Lipinski definition) is 0. The Labute approximate surface area is 71.7 Å². The summed E-state index contributed by atoms with van der Waals surface area (Å²) >= 11 is 0. The third-order valence-corrected chi connectivity index (χ3v) is 2.51. The van der Waals surface area contributed by atoms with Gasteiger partial charge in [0.05, 0.1) is 0 Å². The van der Waals surface area contributed by atoms with Crippen molar-refractivity contribution in [1.29, 1.82) is 0 Å². The minimum atomic E-state index is 0.877. The highest BCUT2D eigenvalue weighted by Gasteiger charge is 2.07. The van der Waals surface area contributed by atoms with E-state index >= 15 is 0 Å². The first-order valence-corrected chi connectivity index (χ1v) is 4.85. The van der Waals surface area contributed by atoms with Crippen LogP contribution in [0.15, 0.2) is 12.7 Å². The molecule has 66 valence electrons. The summed E-state index contributed by atoms with van der Waals surface area (Å²) in [5.74, 6) is 1.77. The van der Waals surface area contributed by atoms with Crippen LogP contribution in [0.3, 0.4) is 0 Å². The van der Waals surface area contributed by atoms with Crippen LogP contribution in [0.5, 0.6) is 0 Å². The van der Waals surface area contributed by atoms with Gasteiger partial charge in [-0.3, -0.25) is 0 Å². The van der Waals surface area contributed by atoms with Gasteiger partial charge in [0, 0.05) is 0 Å². The van der Waals surface area contributed by atoms with E-state index in [-0.39, 0.29) is 0 Å². The van der Waals surface area contributed by atoms with Gasteiger partial charge in [0.1, 0.15) is 0 Å². The van der Waals surface area contributed by atoms with Gasteiger partial charge in [-0.25, -0.2) is 0 Å². The van der Waals surface area contributed by atoms with Crippen molar-refractivity contribution in [2.45, 2.75) is 46.5 Å². The second-order valence-corrected chi connectivity index (χ2v) is 3.55. The summed E-state index contributed by atoms with van der Waals surface area (Å²) in [4.78, 5) is 0. The van der Waals surface area contributed by atoms with Gasteiger partial charge in [-0.05, 0) is 24.7 Å². The average Bonchev–Trinajstić information content (AvgIpc) is 2.03. The van der Waals surface area contributed by atoms with E-state index in [1.54, 1.807) is 0 Å². The fourth-order valence-corrected chi connectivity index (χ4v) is 1.40. The van der Waals surface area contributed by atoms with Crippen LogP contribution in [0.1, 0.15) is 46.5 Å². The van der Waals surface area contributed by atoms with Gasteiger partial charge in [0.2, 0.25) is 0 Å². The predicted molar refractivity (Wildman–Crippen MR) is 52.7 cm³/mol. The quantitative estimate of drug-likeness (QED) is 0.507. The molecule has 0 fully saturated rings. The van der Waals surface area contributed by atoms with E-state index in [9.17, 15) is 0 Å². The maximum atomic E-state index is 3.78. The third-order valence-electron chi connectivity index (χ3n) is 2.51. The monoisotopic (exact) mass is 154 g/mol. The summed E-state index contributed by atoms with van der Waals surface area (Å²) in [5, 5.41) is 0. The molecule has 0 aromatic rings. The Morgan fingerprint density at radius 3 is 2.27 bits per heavy atom. The summed E-state index contributed by atoms with van der Waals surface area (Å²) in [6.07, 6.45) is 7.24. The summed E-state index contributed by atoms with van der Waals surface area (Å²) in [6.45, 7) is 10.7. The number of allylic oxidation sites excluding steroid dienone is 1. The lowest BCUT2D eigenvalue weighted by Gasteiger charge is -2.16. The Kier molecular flexibility index (Phi) is 6.30.